The molecule has 33 heavy (non-hydrogen) atoms. The normalized spacial score (nSPS) is 26.2. The van der Waals surface area contributed by atoms with Gasteiger partial charge in [-0.3, -0.25) is 0 Å². The Kier molecular flexibility index (Phi) is 7.82. The van der Waals surface area contributed by atoms with Crippen LogP contribution >= 0.6 is 0 Å². The second kappa shape index (κ2) is 10.6. The molecule has 0 atom stereocenters. The average molecular weight is 479 g/mol. The summed E-state index contributed by atoms with van der Waals surface area (Å²) >= 11 is 0. The molecule has 1 nitrogen and oxygen atoms in total. The first-order valence-corrected chi connectivity index (χ1v) is 14.9. The molecule has 2 aromatic rings. The van der Waals surface area contributed by atoms with Crippen LogP contribution in [-0.4, -0.2) is 15.2 Å². The fourth-order valence-electron chi connectivity index (χ4n) is 6.15. The Morgan fingerprint density at radius 3 is 2.03 bits per heavy atom. The quantitative estimate of drug-likeness (QED) is 0.298. The molecule has 4 rings (SSSR count). The Labute approximate surface area is 196 Å². The number of alkyl halides is 3. The minimum atomic E-state index is -4.72. The first kappa shape index (κ1) is 24.3. The number of rotatable bonds is 6. The molecule has 0 N–H and O–H groups in total. The van der Waals surface area contributed by atoms with E-state index in [4.69, 9.17) is 0 Å². The molecule has 0 spiro atoms. The van der Waals surface area contributed by atoms with Gasteiger partial charge in [0, 0.05) is 8.80 Å². The van der Waals surface area contributed by atoms with Crippen molar-refractivity contribution < 1.29 is 22.3 Å². The molecule has 180 valence electrons. The number of hydrogen-bond acceptors (Lipinski definition) is 1. The average Bonchev–Trinajstić information content (AvgIpc) is 2.79. The molecule has 6 heteroatoms. The van der Waals surface area contributed by atoms with E-state index in [0.717, 1.165) is 30.2 Å². The summed E-state index contributed by atoms with van der Waals surface area (Å²) in [5, 5.41) is 0. The van der Waals surface area contributed by atoms with E-state index in [1.807, 2.05) is 12.1 Å². The summed E-state index contributed by atoms with van der Waals surface area (Å²) in [6.45, 7) is 2.31. The minimum Gasteiger partial charge on any atom is -0.406 e. The van der Waals surface area contributed by atoms with Crippen LogP contribution in [0, 0.1) is 17.7 Å². The predicted molar refractivity (Wildman–Crippen MR) is 128 cm³/mol. The number of hydrogen-bond donors (Lipinski definition) is 0. The zero-order valence-electron chi connectivity index (χ0n) is 19.3. The van der Waals surface area contributed by atoms with E-state index in [0.29, 0.717) is 11.1 Å². The fraction of sp³-hybridized carbons (Fsp3) is 0.556. The third-order valence-electron chi connectivity index (χ3n) is 7.89. The highest BCUT2D eigenvalue weighted by Gasteiger charge is 2.32. The largest absolute Gasteiger partial charge is 0.573 e. The van der Waals surface area contributed by atoms with Crippen molar-refractivity contribution in [3.05, 3.63) is 53.8 Å². The Morgan fingerprint density at radius 1 is 0.848 bits per heavy atom. The summed E-state index contributed by atoms with van der Waals surface area (Å²) in [5.41, 5.74) is 2.12. The molecule has 2 aliphatic rings. The van der Waals surface area contributed by atoms with Crippen LogP contribution in [0.15, 0.2) is 42.5 Å². The lowest BCUT2D eigenvalue weighted by Gasteiger charge is -2.37. The second-order valence-electron chi connectivity index (χ2n) is 9.99. The van der Waals surface area contributed by atoms with Gasteiger partial charge in [0.25, 0.3) is 0 Å². The van der Waals surface area contributed by atoms with Crippen LogP contribution in [0.1, 0.15) is 63.4 Å². The first-order valence-electron chi connectivity index (χ1n) is 12.5. The number of benzene rings is 2. The third-order valence-corrected chi connectivity index (χ3v) is 11.6. The van der Waals surface area contributed by atoms with Gasteiger partial charge in [-0.2, -0.15) is 0 Å². The maximum Gasteiger partial charge on any atom is 0.573 e. The molecule has 0 aromatic heterocycles. The summed E-state index contributed by atoms with van der Waals surface area (Å²) in [5.74, 6) is 1.49. The van der Waals surface area contributed by atoms with Crippen LogP contribution in [0.5, 0.6) is 5.75 Å². The molecule has 2 aromatic carbocycles. The molecule has 1 aliphatic carbocycles. The van der Waals surface area contributed by atoms with Crippen LogP contribution in [0.25, 0.3) is 11.1 Å². The molecule has 0 amide bonds. The highest BCUT2D eigenvalue weighted by Crippen LogP contribution is 2.44. The van der Waals surface area contributed by atoms with Gasteiger partial charge in [-0.1, -0.05) is 68.6 Å². The zero-order chi connectivity index (χ0) is 23.4. The van der Waals surface area contributed by atoms with Crippen molar-refractivity contribution in [2.75, 3.05) is 0 Å². The van der Waals surface area contributed by atoms with E-state index >= 15 is 4.39 Å². The van der Waals surface area contributed by atoms with Crippen LogP contribution in [0.3, 0.4) is 0 Å². The topological polar surface area (TPSA) is 9.23 Å². The molecule has 0 radical (unpaired) electrons. The lowest BCUT2D eigenvalue weighted by atomic mass is 9.72. The molecule has 0 bridgehead atoms. The van der Waals surface area contributed by atoms with Crippen molar-refractivity contribution >= 4 is 8.80 Å². The highest BCUT2D eigenvalue weighted by atomic mass is 28.3. The van der Waals surface area contributed by atoms with Gasteiger partial charge in [-0.25, -0.2) is 4.39 Å². The monoisotopic (exact) mass is 478 g/mol. The van der Waals surface area contributed by atoms with Crippen molar-refractivity contribution in [1.29, 1.82) is 0 Å². The molecule has 2 fully saturated rings. The van der Waals surface area contributed by atoms with Gasteiger partial charge in [0.15, 0.2) is 0 Å². The van der Waals surface area contributed by atoms with Crippen LogP contribution in [0.4, 0.5) is 17.6 Å². The van der Waals surface area contributed by atoms with Crippen LogP contribution < -0.4 is 4.74 Å². The smallest absolute Gasteiger partial charge is 0.406 e. The predicted octanol–water partition coefficient (Wildman–Crippen LogP) is 8.71. The van der Waals surface area contributed by atoms with Gasteiger partial charge >= 0.3 is 6.36 Å². The van der Waals surface area contributed by atoms with Crippen molar-refractivity contribution in [2.24, 2.45) is 11.8 Å². The lowest BCUT2D eigenvalue weighted by molar-refractivity contribution is -0.274. The van der Waals surface area contributed by atoms with Crippen molar-refractivity contribution in [1.82, 2.24) is 0 Å². The third kappa shape index (κ3) is 6.40. The van der Waals surface area contributed by atoms with Crippen molar-refractivity contribution in [3.8, 4) is 16.9 Å². The van der Waals surface area contributed by atoms with Crippen LogP contribution in [0.2, 0.25) is 18.1 Å². The van der Waals surface area contributed by atoms with E-state index in [1.165, 1.54) is 80.6 Å². The molecule has 1 saturated heterocycles. The summed E-state index contributed by atoms with van der Waals surface area (Å²) < 4.78 is 56.0. The lowest BCUT2D eigenvalue weighted by Crippen LogP contribution is -2.28. The maximum absolute atomic E-state index is 15.0. The van der Waals surface area contributed by atoms with Gasteiger partial charge in [0.1, 0.15) is 11.6 Å². The minimum absolute atomic E-state index is 0.211. The maximum atomic E-state index is 15.0. The zero-order valence-corrected chi connectivity index (χ0v) is 20.5. The second-order valence-corrected chi connectivity index (χ2v) is 13.5. The Bertz CT molecular complexity index is 895. The van der Waals surface area contributed by atoms with E-state index < -0.39 is 15.2 Å². The Hall–Kier alpha value is -1.82. The van der Waals surface area contributed by atoms with Gasteiger partial charge in [0.05, 0.1) is 0 Å². The Morgan fingerprint density at radius 2 is 1.45 bits per heavy atom. The van der Waals surface area contributed by atoms with E-state index in [2.05, 4.69) is 11.7 Å². The number of halogens is 4. The van der Waals surface area contributed by atoms with Crippen molar-refractivity contribution in [3.63, 3.8) is 0 Å². The first-order chi connectivity index (χ1) is 15.8. The summed E-state index contributed by atoms with van der Waals surface area (Å²) in [6, 6.07) is 15.4. The molecule has 1 heterocycles. The highest BCUT2D eigenvalue weighted by molar-refractivity contribution is 6.58. The van der Waals surface area contributed by atoms with Gasteiger partial charge in [0.2, 0.25) is 0 Å². The van der Waals surface area contributed by atoms with Gasteiger partial charge in [-0.15, -0.1) is 13.2 Å². The summed E-state index contributed by atoms with van der Waals surface area (Å²) in [4.78, 5) is 0. The molecular weight excluding hydrogens is 444 g/mol. The van der Waals surface area contributed by atoms with E-state index in [-0.39, 0.29) is 17.5 Å². The standard InChI is InChI=1S/C27H34F4OSi/c1-2-15-33-16-13-21(14-17-33)19-3-5-22(6-4-19)25-12-9-23(18-26(25)28)20-7-10-24(11-8-20)32-27(29,30)31/h7-12,18-19,21-22,33H,2-6,13-17H2,1H3. The summed E-state index contributed by atoms with van der Waals surface area (Å²) in [7, 11) is -0.437. The molecule has 0 unspecified atom stereocenters. The van der Waals surface area contributed by atoms with E-state index in [9.17, 15) is 13.2 Å². The van der Waals surface area contributed by atoms with Crippen molar-refractivity contribution in [2.45, 2.75) is 82.3 Å². The molecule has 1 aliphatic heterocycles. The van der Waals surface area contributed by atoms with E-state index in [1.54, 1.807) is 0 Å². The summed E-state index contributed by atoms with van der Waals surface area (Å²) in [6.07, 6.45) is 4.02. The van der Waals surface area contributed by atoms with Crippen LogP contribution in [-0.2, 0) is 0 Å². The number of ether oxygens (including phenoxy) is 1. The SMILES string of the molecule is CCC[SiH]1CCC(C2CCC(c3ccc(-c4ccc(OC(F)(F)F)cc4)cc3F)CC2)CC1. The molecule has 1 saturated carbocycles. The molecular formula is C27H34F4OSi. The fourth-order valence-corrected chi connectivity index (χ4v) is 9.63. The Balaban J connectivity index is 1.33. The van der Waals surface area contributed by atoms with Gasteiger partial charge in [-0.05, 0) is 78.3 Å². The van der Waals surface area contributed by atoms with Gasteiger partial charge < -0.3 is 4.74 Å².